The molecule has 0 spiro atoms. The predicted molar refractivity (Wildman–Crippen MR) is 142 cm³/mol. The molecule has 1 saturated heterocycles. The Balaban J connectivity index is 1.42. The summed E-state index contributed by atoms with van der Waals surface area (Å²) >= 11 is 0. The number of methoxy groups -OCH3 is 1. The fourth-order valence-electron chi connectivity index (χ4n) is 4.81. The van der Waals surface area contributed by atoms with Crippen LogP contribution in [0, 0.1) is 19.7 Å². The Morgan fingerprint density at radius 2 is 1.42 bits per heavy atom. The highest BCUT2D eigenvalue weighted by Crippen LogP contribution is 2.31. The number of carbonyl (C=O) groups excluding carboxylic acids is 1. The molecule has 0 saturated carbocycles. The van der Waals surface area contributed by atoms with Crippen LogP contribution in [0.3, 0.4) is 0 Å². The van der Waals surface area contributed by atoms with Gasteiger partial charge in [0.1, 0.15) is 11.6 Å². The van der Waals surface area contributed by atoms with Gasteiger partial charge in [0, 0.05) is 43.2 Å². The number of aromatic nitrogens is 1. The Morgan fingerprint density at radius 1 is 0.806 bits per heavy atom. The van der Waals surface area contributed by atoms with Gasteiger partial charge >= 0.3 is 0 Å². The summed E-state index contributed by atoms with van der Waals surface area (Å²) in [5.41, 5.74) is 6.55. The highest BCUT2D eigenvalue weighted by Gasteiger charge is 2.27. The highest BCUT2D eigenvalue weighted by atomic mass is 19.1. The predicted octanol–water partition coefficient (Wildman–Crippen LogP) is 5.87. The van der Waals surface area contributed by atoms with Crippen molar-refractivity contribution >= 4 is 11.6 Å². The maximum Gasteiger partial charge on any atom is 0.255 e. The molecule has 3 aromatic carbocycles. The number of nitrogens with zero attached hydrogens (tertiary/aromatic N) is 3. The molecule has 0 radical (unpaired) electrons. The number of aryl methyl sites for hydroxylation is 1. The molecule has 5 nitrogen and oxygen atoms in total. The molecule has 1 aliphatic heterocycles. The molecule has 36 heavy (non-hydrogen) atoms. The summed E-state index contributed by atoms with van der Waals surface area (Å²) in [6.07, 6.45) is 0. The van der Waals surface area contributed by atoms with Gasteiger partial charge in [0.2, 0.25) is 0 Å². The van der Waals surface area contributed by atoms with Crippen LogP contribution in [0.4, 0.5) is 10.1 Å². The number of halogens is 1. The maximum atomic E-state index is 13.7. The average Bonchev–Trinajstić information content (AvgIpc) is 3.26. The van der Waals surface area contributed by atoms with Crippen molar-refractivity contribution in [2.45, 2.75) is 13.8 Å². The Labute approximate surface area is 211 Å². The topological polar surface area (TPSA) is 37.7 Å². The third-order valence-electron chi connectivity index (χ3n) is 6.91. The molecule has 1 fully saturated rings. The van der Waals surface area contributed by atoms with Crippen molar-refractivity contribution in [3.05, 3.63) is 102 Å². The van der Waals surface area contributed by atoms with Gasteiger partial charge in [-0.15, -0.1) is 0 Å². The van der Waals surface area contributed by atoms with E-state index in [0.29, 0.717) is 18.7 Å². The second-order valence-corrected chi connectivity index (χ2v) is 9.18. The molecule has 4 aromatic rings. The molecule has 0 aliphatic carbocycles. The lowest BCUT2D eigenvalue weighted by Crippen LogP contribution is -2.48. The van der Waals surface area contributed by atoms with E-state index in [1.165, 1.54) is 12.1 Å². The number of amides is 1. The van der Waals surface area contributed by atoms with Gasteiger partial charge in [0.05, 0.1) is 18.4 Å². The lowest BCUT2D eigenvalue weighted by molar-refractivity contribution is 0.0746. The van der Waals surface area contributed by atoms with Gasteiger partial charge in [-0.2, -0.15) is 0 Å². The van der Waals surface area contributed by atoms with Gasteiger partial charge in [0.25, 0.3) is 5.91 Å². The molecular formula is C30H30FN3O2. The largest absolute Gasteiger partial charge is 0.497 e. The van der Waals surface area contributed by atoms with E-state index in [0.717, 1.165) is 52.7 Å². The zero-order chi connectivity index (χ0) is 25.2. The minimum absolute atomic E-state index is 0.0242. The van der Waals surface area contributed by atoms with Crippen molar-refractivity contribution in [2.24, 2.45) is 0 Å². The van der Waals surface area contributed by atoms with E-state index in [1.54, 1.807) is 19.2 Å². The second-order valence-electron chi connectivity index (χ2n) is 9.18. The number of benzene rings is 3. The monoisotopic (exact) mass is 483 g/mol. The molecule has 0 bridgehead atoms. The Hall–Kier alpha value is -4.06. The van der Waals surface area contributed by atoms with Crippen LogP contribution in [0.15, 0.2) is 78.9 Å². The SMILES string of the molecule is COc1ccc(N2CCN(C(=O)c3cc(-c4ccc(F)cc4)n(-c4ccc(C)cc4)c3C)CC2)cc1. The molecule has 0 unspecified atom stereocenters. The van der Waals surface area contributed by atoms with E-state index in [4.69, 9.17) is 4.74 Å². The molecule has 0 N–H and O–H groups in total. The lowest BCUT2D eigenvalue weighted by Gasteiger charge is -2.36. The summed E-state index contributed by atoms with van der Waals surface area (Å²) in [6.45, 7) is 6.85. The van der Waals surface area contributed by atoms with E-state index < -0.39 is 0 Å². The minimum atomic E-state index is -0.282. The van der Waals surface area contributed by atoms with Crippen LogP contribution >= 0.6 is 0 Å². The fourth-order valence-corrected chi connectivity index (χ4v) is 4.81. The van der Waals surface area contributed by atoms with Crippen molar-refractivity contribution in [3.63, 3.8) is 0 Å². The first kappa shape index (κ1) is 23.7. The summed E-state index contributed by atoms with van der Waals surface area (Å²) in [7, 11) is 1.66. The molecule has 5 rings (SSSR count). The maximum absolute atomic E-state index is 13.7. The van der Waals surface area contributed by atoms with Crippen molar-refractivity contribution in [1.29, 1.82) is 0 Å². The summed E-state index contributed by atoms with van der Waals surface area (Å²) < 4.78 is 21.0. The van der Waals surface area contributed by atoms with Gasteiger partial charge in [0.15, 0.2) is 0 Å². The van der Waals surface area contributed by atoms with E-state index in [2.05, 4.69) is 45.9 Å². The van der Waals surface area contributed by atoms with Crippen molar-refractivity contribution in [3.8, 4) is 22.7 Å². The molecule has 0 atom stereocenters. The molecule has 184 valence electrons. The fraction of sp³-hybridized carbons (Fsp3) is 0.233. The summed E-state index contributed by atoms with van der Waals surface area (Å²) in [4.78, 5) is 17.9. The summed E-state index contributed by atoms with van der Waals surface area (Å²) in [5, 5.41) is 0. The number of carbonyl (C=O) groups is 1. The van der Waals surface area contributed by atoms with Crippen LogP contribution in [0.2, 0.25) is 0 Å². The lowest BCUT2D eigenvalue weighted by atomic mass is 10.1. The third-order valence-corrected chi connectivity index (χ3v) is 6.91. The number of hydrogen-bond donors (Lipinski definition) is 0. The van der Waals surface area contributed by atoms with Gasteiger partial charge in [-0.3, -0.25) is 4.79 Å². The first-order valence-corrected chi connectivity index (χ1v) is 12.2. The van der Waals surface area contributed by atoms with Crippen LogP contribution in [0.1, 0.15) is 21.6 Å². The van der Waals surface area contributed by atoms with Crippen molar-refractivity contribution in [2.75, 3.05) is 38.2 Å². The molecular weight excluding hydrogens is 453 g/mol. The number of rotatable bonds is 5. The standard InChI is InChI=1S/C30H30FN3O2/c1-21-4-10-26(11-5-21)34-22(2)28(20-29(34)23-6-8-24(31)9-7-23)30(35)33-18-16-32(17-19-33)25-12-14-27(36-3)15-13-25/h4-15,20H,16-19H2,1-3H3. The van der Waals surface area contributed by atoms with Crippen molar-refractivity contribution in [1.82, 2.24) is 9.47 Å². The quantitative estimate of drug-likeness (QED) is 0.356. The number of anilines is 1. The molecule has 1 aliphatic rings. The van der Waals surface area contributed by atoms with Gasteiger partial charge in [-0.05, 0) is 86.1 Å². The third kappa shape index (κ3) is 4.59. The number of ether oxygens (including phenoxy) is 1. The Bertz CT molecular complexity index is 1350. The van der Waals surface area contributed by atoms with Crippen molar-refractivity contribution < 1.29 is 13.9 Å². The van der Waals surface area contributed by atoms with Crippen LogP contribution < -0.4 is 9.64 Å². The van der Waals surface area contributed by atoms with E-state index >= 15 is 0 Å². The Kier molecular flexibility index (Phi) is 6.51. The molecule has 2 heterocycles. The summed E-state index contributed by atoms with van der Waals surface area (Å²) in [6, 6.07) is 24.6. The summed E-state index contributed by atoms with van der Waals surface area (Å²) in [5.74, 6) is 0.573. The van der Waals surface area contributed by atoms with Crippen LogP contribution in [-0.4, -0.2) is 48.7 Å². The van der Waals surface area contributed by atoms with E-state index in [-0.39, 0.29) is 11.7 Å². The molecule has 1 amide bonds. The van der Waals surface area contributed by atoms with Gasteiger partial charge in [-0.1, -0.05) is 17.7 Å². The zero-order valence-corrected chi connectivity index (χ0v) is 20.9. The van der Waals surface area contributed by atoms with E-state index in [9.17, 15) is 9.18 Å². The van der Waals surface area contributed by atoms with Crippen LogP contribution in [0.25, 0.3) is 16.9 Å². The smallest absolute Gasteiger partial charge is 0.255 e. The van der Waals surface area contributed by atoms with Gasteiger partial charge in [-0.25, -0.2) is 4.39 Å². The second kappa shape index (κ2) is 9.90. The Morgan fingerprint density at radius 3 is 2.03 bits per heavy atom. The molecule has 1 aromatic heterocycles. The first-order chi connectivity index (χ1) is 17.4. The first-order valence-electron chi connectivity index (χ1n) is 12.2. The number of piperazine rings is 1. The normalized spacial score (nSPS) is 13.7. The van der Waals surface area contributed by atoms with Gasteiger partial charge < -0.3 is 19.1 Å². The minimum Gasteiger partial charge on any atom is -0.497 e. The molecule has 6 heteroatoms. The highest BCUT2D eigenvalue weighted by molar-refractivity contribution is 5.97. The van der Waals surface area contributed by atoms with Crippen LogP contribution in [0.5, 0.6) is 5.75 Å². The number of hydrogen-bond acceptors (Lipinski definition) is 3. The average molecular weight is 484 g/mol. The zero-order valence-electron chi connectivity index (χ0n) is 20.9. The van der Waals surface area contributed by atoms with Crippen LogP contribution in [-0.2, 0) is 0 Å². The van der Waals surface area contributed by atoms with E-state index in [1.807, 2.05) is 36.9 Å².